The van der Waals surface area contributed by atoms with Crippen molar-refractivity contribution in [3.63, 3.8) is 0 Å². The molecular formula is C7H6F2IN. The molecule has 1 nitrogen and oxygen atoms in total. The summed E-state index contributed by atoms with van der Waals surface area (Å²) in [4.78, 5) is 0. The fraction of sp³-hybridized carbons (Fsp3) is 0.143. The van der Waals surface area contributed by atoms with E-state index < -0.39 is 11.6 Å². The molecule has 0 aliphatic heterocycles. The van der Waals surface area contributed by atoms with Gasteiger partial charge in [-0.15, -0.1) is 0 Å². The number of rotatable bonds is 0. The van der Waals surface area contributed by atoms with Crippen molar-refractivity contribution in [1.82, 2.24) is 0 Å². The molecule has 1 rings (SSSR count). The highest BCUT2D eigenvalue weighted by molar-refractivity contribution is 14.1. The molecule has 4 heteroatoms. The predicted molar refractivity (Wildman–Crippen MR) is 48.2 cm³/mol. The van der Waals surface area contributed by atoms with Crippen LogP contribution in [0.2, 0.25) is 0 Å². The smallest absolute Gasteiger partial charge is 0.183 e. The number of hydrogen-bond acceptors (Lipinski definition) is 1. The van der Waals surface area contributed by atoms with E-state index in [0.29, 0.717) is 3.57 Å². The zero-order valence-electron chi connectivity index (χ0n) is 5.79. The van der Waals surface area contributed by atoms with Crippen molar-refractivity contribution in [3.8, 4) is 0 Å². The SMILES string of the molecule is Cc1cc(I)c(N)c(F)c1F. The molecule has 0 saturated carbocycles. The van der Waals surface area contributed by atoms with Crippen molar-refractivity contribution < 1.29 is 8.78 Å². The van der Waals surface area contributed by atoms with E-state index in [1.165, 1.54) is 13.0 Å². The van der Waals surface area contributed by atoms with E-state index in [0.717, 1.165) is 0 Å². The van der Waals surface area contributed by atoms with Crippen molar-refractivity contribution in [1.29, 1.82) is 0 Å². The second-order valence-corrected chi connectivity index (χ2v) is 3.38. The Morgan fingerprint density at radius 1 is 1.36 bits per heavy atom. The molecule has 11 heavy (non-hydrogen) atoms. The Morgan fingerprint density at radius 3 is 2.45 bits per heavy atom. The summed E-state index contributed by atoms with van der Waals surface area (Å²) in [6.45, 7) is 1.50. The molecule has 1 aromatic rings. The Labute approximate surface area is 76.7 Å². The molecule has 1 aromatic carbocycles. The maximum atomic E-state index is 12.7. The van der Waals surface area contributed by atoms with E-state index in [-0.39, 0.29) is 11.3 Å². The molecule has 0 fully saturated rings. The van der Waals surface area contributed by atoms with Crippen LogP contribution < -0.4 is 5.73 Å². The average Bonchev–Trinajstić information content (AvgIpc) is 1.97. The van der Waals surface area contributed by atoms with Crippen molar-refractivity contribution in [2.75, 3.05) is 5.73 Å². The van der Waals surface area contributed by atoms with Gasteiger partial charge in [-0.05, 0) is 41.1 Å². The highest BCUT2D eigenvalue weighted by atomic mass is 127. The molecule has 0 radical (unpaired) electrons. The van der Waals surface area contributed by atoms with Gasteiger partial charge in [-0.3, -0.25) is 0 Å². The van der Waals surface area contributed by atoms with E-state index in [1.54, 1.807) is 0 Å². The van der Waals surface area contributed by atoms with E-state index in [9.17, 15) is 8.78 Å². The lowest BCUT2D eigenvalue weighted by Crippen LogP contribution is -1.99. The minimum Gasteiger partial charge on any atom is -0.395 e. The van der Waals surface area contributed by atoms with Crippen LogP contribution in [0.15, 0.2) is 6.07 Å². The van der Waals surface area contributed by atoms with Gasteiger partial charge in [0, 0.05) is 3.57 Å². The first-order valence-electron chi connectivity index (χ1n) is 2.93. The van der Waals surface area contributed by atoms with E-state index in [1.807, 2.05) is 22.6 Å². The minimum absolute atomic E-state index is 0.117. The van der Waals surface area contributed by atoms with Gasteiger partial charge in [0.2, 0.25) is 0 Å². The monoisotopic (exact) mass is 269 g/mol. The van der Waals surface area contributed by atoms with Gasteiger partial charge in [0.25, 0.3) is 0 Å². The maximum absolute atomic E-state index is 12.7. The lowest BCUT2D eigenvalue weighted by molar-refractivity contribution is 0.506. The summed E-state index contributed by atoms with van der Waals surface area (Å²) >= 11 is 1.86. The van der Waals surface area contributed by atoms with Crippen LogP contribution >= 0.6 is 22.6 Å². The molecule has 0 amide bonds. The highest BCUT2D eigenvalue weighted by Crippen LogP contribution is 2.23. The van der Waals surface area contributed by atoms with Crippen LogP contribution in [0.1, 0.15) is 5.56 Å². The molecule has 0 bridgehead atoms. The summed E-state index contributed by atoms with van der Waals surface area (Å²) in [5.74, 6) is -1.81. The summed E-state index contributed by atoms with van der Waals surface area (Å²) in [6, 6.07) is 1.51. The normalized spacial score (nSPS) is 10.2. The quantitative estimate of drug-likeness (QED) is 0.437. The Kier molecular flexibility index (Phi) is 2.31. The molecule has 60 valence electrons. The lowest BCUT2D eigenvalue weighted by Gasteiger charge is -2.03. The van der Waals surface area contributed by atoms with Gasteiger partial charge in [-0.25, -0.2) is 8.78 Å². The number of benzene rings is 1. The summed E-state index contributed by atoms with van der Waals surface area (Å²) < 4.78 is 26.0. The van der Waals surface area contributed by atoms with Crippen LogP contribution in [0.5, 0.6) is 0 Å². The first-order chi connectivity index (χ1) is 5.04. The van der Waals surface area contributed by atoms with E-state index >= 15 is 0 Å². The first-order valence-corrected chi connectivity index (χ1v) is 4.01. The fourth-order valence-electron chi connectivity index (χ4n) is 0.727. The zero-order valence-corrected chi connectivity index (χ0v) is 7.95. The van der Waals surface area contributed by atoms with Crippen molar-refractivity contribution >= 4 is 28.3 Å². The fourth-order valence-corrected chi connectivity index (χ4v) is 1.43. The first kappa shape index (κ1) is 8.70. The van der Waals surface area contributed by atoms with Gasteiger partial charge >= 0.3 is 0 Å². The Hall–Kier alpha value is -0.390. The van der Waals surface area contributed by atoms with Gasteiger partial charge in [-0.2, -0.15) is 0 Å². The van der Waals surface area contributed by atoms with Crippen LogP contribution in [-0.4, -0.2) is 0 Å². The van der Waals surface area contributed by atoms with Crippen LogP contribution in [0, 0.1) is 22.1 Å². The van der Waals surface area contributed by atoms with Gasteiger partial charge in [0.15, 0.2) is 11.6 Å². The molecular weight excluding hydrogens is 263 g/mol. The maximum Gasteiger partial charge on any atom is 0.183 e. The molecule has 0 unspecified atom stereocenters. The summed E-state index contributed by atoms with van der Waals surface area (Å²) in [6.07, 6.45) is 0. The number of nitrogen functional groups attached to an aromatic ring is 1. The topological polar surface area (TPSA) is 26.0 Å². The summed E-state index contributed by atoms with van der Waals surface area (Å²) in [7, 11) is 0. The Balaban J connectivity index is 3.46. The number of anilines is 1. The van der Waals surface area contributed by atoms with E-state index in [2.05, 4.69) is 0 Å². The van der Waals surface area contributed by atoms with Crippen LogP contribution in [-0.2, 0) is 0 Å². The van der Waals surface area contributed by atoms with E-state index in [4.69, 9.17) is 5.73 Å². The minimum atomic E-state index is -0.950. The summed E-state index contributed by atoms with van der Waals surface area (Å²) in [5, 5.41) is 0. The number of nitrogens with two attached hydrogens (primary N) is 1. The molecule has 0 heterocycles. The largest absolute Gasteiger partial charge is 0.395 e. The van der Waals surface area contributed by atoms with Crippen LogP contribution in [0.25, 0.3) is 0 Å². The average molecular weight is 269 g/mol. The number of aryl methyl sites for hydroxylation is 1. The molecule has 2 N–H and O–H groups in total. The van der Waals surface area contributed by atoms with Crippen molar-refractivity contribution in [2.24, 2.45) is 0 Å². The number of halogens is 3. The standard InChI is InChI=1S/C7H6F2IN/c1-3-2-4(10)7(11)6(9)5(3)8/h2H,11H2,1H3. The zero-order chi connectivity index (χ0) is 8.59. The van der Waals surface area contributed by atoms with Gasteiger partial charge in [-0.1, -0.05) is 0 Å². The Bertz CT molecular complexity index is 273. The molecule has 0 aromatic heterocycles. The molecule has 0 saturated heterocycles. The lowest BCUT2D eigenvalue weighted by atomic mass is 10.2. The summed E-state index contributed by atoms with van der Waals surface area (Å²) in [5.41, 5.74) is 5.39. The second kappa shape index (κ2) is 2.92. The van der Waals surface area contributed by atoms with Crippen molar-refractivity contribution in [2.45, 2.75) is 6.92 Å². The highest BCUT2D eigenvalue weighted by Gasteiger charge is 2.11. The molecule has 0 aliphatic rings. The third-order valence-corrected chi connectivity index (χ3v) is 2.27. The molecule has 0 atom stereocenters. The van der Waals surface area contributed by atoms with Gasteiger partial charge in [0.1, 0.15) is 0 Å². The molecule has 0 spiro atoms. The third kappa shape index (κ3) is 1.45. The predicted octanol–water partition coefficient (Wildman–Crippen LogP) is 2.46. The third-order valence-electron chi connectivity index (χ3n) is 1.38. The Morgan fingerprint density at radius 2 is 1.91 bits per heavy atom. The number of hydrogen-bond donors (Lipinski definition) is 1. The second-order valence-electron chi connectivity index (χ2n) is 2.22. The van der Waals surface area contributed by atoms with Gasteiger partial charge < -0.3 is 5.73 Å². The van der Waals surface area contributed by atoms with Crippen molar-refractivity contribution in [3.05, 3.63) is 26.8 Å². The van der Waals surface area contributed by atoms with Crippen LogP contribution in [0.4, 0.5) is 14.5 Å². The molecule has 0 aliphatic carbocycles. The van der Waals surface area contributed by atoms with Crippen LogP contribution in [0.3, 0.4) is 0 Å². The van der Waals surface area contributed by atoms with Gasteiger partial charge in [0.05, 0.1) is 5.69 Å².